The van der Waals surface area contributed by atoms with Crippen molar-refractivity contribution in [2.24, 2.45) is 5.41 Å². The quantitative estimate of drug-likeness (QED) is 0.773. The molecule has 1 amide bonds. The van der Waals surface area contributed by atoms with Gasteiger partial charge >= 0.3 is 6.09 Å². The second kappa shape index (κ2) is 5.35. The number of hydrogen-bond donors (Lipinski definition) is 1. The van der Waals surface area contributed by atoms with Gasteiger partial charge in [-0.2, -0.15) is 0 Å². The summed E-state index contributed by atoms with van der Waals surface area (Å²) in [4.78, 5) is 13.4. The third-order valence-corrected chi connectivity index (χ3v) is 2.92. The first-order valence-electron chi connectivity index (χ1n) is 5.67. The predicted octanol–water partition coefficient (Wildman–Crippen LogP) is 1.46. The first-order valence-corrected chi connectivity index (χ1v) is 5.67. The number of carbonyl (C=O) groups is 1. The number of nitrogens with one attached hydrogen (secondary N) is 1. The van der Waals surface area contributed by atoms with Crippen LogP contribution in [0.15, 0.2) is 0 Å². The van der Waals surface area contributed by atoms with E-state index in [1.54, 1.807) is 4.90 Å². The van der Waals surface area contributed by atoms with Crippen LogP contribution in [0.2, 0.25) is 0 Å². The van der Waals surface area contributed by atoms with Gasteiger partial charge in [-0.3, -0.25) is 0 Å². The minimum atomic E-state index is -0.168. The van der Waals surface area contributed by atoms with Crippen molar-refractivity contribution in [1.29, 1.82) is 0 Å². The second-order valence-electron chi connectivity index (χ2n) is 4.81. The highest BCUT2D eigenvalue weighted by molar-refractivity contribution is 5.67. The number of hydrogen-bond acceptors (Lipinski definition) is 3. The maximum absolute atomic E-state index is 11.6. The molecule has 0 aromatic carbocycles. The van der Waals surface area contributed by atoms with Gasteiger partial charge in [0.1, 0.15) is 0 Å². The summed E-state index contributed by atoms with van der Waals surface area (Å²) in [5.74, 6) is 0. The molecule has 1 fully saturated rings. The molecule has 0 unspecified atom stereocenters. The van der Waals surface area contributed by atoms with Crippen molar-refractivity contribution >= 4 is 6.09 Å². The van der Waals surface area contributed by atoms with Gasteiger partial charge in [-0.25, -0.2) is 4.79 Å². The number of ether oxygens (including phenoxy) is 1. The largest absolute Gasteiger partial charge is 0.449 e. The van der Waals surface area contributed by atoms with Gasteiger partial charge in [-0.05, 0) is 11.8 Å². The van der Waals surface area contributed by atoms with Crippen LogP contribution in [0.25, 0.3) is 0 Å². The summed E-state index contributed by atoms with van der Waals surface area (Å²) in [5, 5.41) is 3.20. The second-order valence-corrected chi connectivity index (χ2v) is 4.81. The van der Waals surface area contributed by atoms with Crippen LogP contribution in [0.3, 0.4) is 0 Å². The fraction of sp³-hybridized carbons (Fsp3) is 0.909. The molecule has 1 rings (SSSR count). The molecule has 1 saturated heterocycles. The number of nitrogens with zero attached hydrogens (tertiary/aromatic N) is 1. The van der Waals surface area contributed by atoms with Crippen LogP contribution in [0.4, 0.5) is 4.79 Å². The van der Waals surface area contributed by atoms with Crippen LogP contribution < -0.4 is 5.32 Å². The predicted molar refractivity (Wildman–Crippen MR) is 59.9 cm³/mol. The minimum absolute atomic E-state index is 0.0870. The summed E-state index contributed by atoms with van der Waals surface area (Å²) in [6.45, 7) is 10.1. The molecule has 0 radical (unpaired) electrons. The lowest BCUT2D eigenvalue weighted by molar-refractivity contribution is 0.0627. The van der Waals surface area contributed by atoms with Crippen molar-refractivity contribution < 1.29 is 9.53 Å². The minimum Gasteiger partial charge on any atom is -0.449 e. The smallest absolute Gasteiger partial charge is 0.409 e. The van der Waals surface area contributed by atoms with E-state index in [9.17, 15) is 4.79 Å². The highest BCUT2D eigenvalue weighted by Crippen LogP contribution is 2.20. The van der Waals surface area contributed by atoms with E-state index in [0.29, 0.717) is 6.61 Å². The standard InChI is InChI=1S/C11H22N2O2/c1-4-11(2,3)9-15-10(14)13-7-5-12-6-8-13/h12H,4-9H2,1-3H3. The molecule has 4 heteroatoms. The number of rotatable bonds is 3. The summed E-state index contributed by atoms with van der Waals surface area (Å²) in [7, 11) is 0. The molecule has 0 aromatic rings. The Hall–Kier alpha value is -0.770. The first kappa shape index (κ1) is 12.3. The fourth-order valence-electron chi connectivity index (χ4n) is 1.30. The van der Waals surface area contributed by atoms with Gasteiger partial charge in [-0.15, -0.1) is 0 Å². The van der Waals surface area contributed by atoms with Gasteiger partial charge in [0.05, 0.1) is 6.61 Å². The molecule has 0 spiro atoms. The zero-order valence-corrected chi connectivity index (χ0v) is 10.0. The van der Waals surface area contributed by atoms with Crippen molar-refractivity contribution in [3.63, 3.8) is 0 Å². The summed E-state index contributed by atoms with van der Waals surface area (Å²) in [6.07, 6.45) is 0.847. The number of piperazine rings is 1. The van der Waals surface area contributed by atoms with Crippen LogP contribution in [0, 0.1) is 5.41 Å². The maximum Gasteiger partial charge on any atom is 0.409 e. The zero-order chi connectivity index (χ0) is 11.3. The summed E-state index contributed by atoms with van der Waals surface area (Å²) in [6, 6.07) is 0. The SMILES string of the molecule is CCC(C)(C)COC(=O)N1CCNCC1. The monoisotopic (exact) mass is 214 g/mol. The topological polar surface area (TPSA) is 41.6 Å². The van der Waals surface area contributed by atoms with Gasteiger partial charge in [0, 0.05) is 26.2 Å². The molecule has 1 N–H and O–H groups in total. The molecule has 1 heterocycles. The molecule has 0 saturated carbocycles. The van der Waals surface area contributed by atoms with Crippen LogP contribution >= 0.6 is 0 Å². The van der Waals surface area contributed by atoms with E-state index in [0.717, 1.165) is 32.6 Å². The van der Waals surface area contributed by atoms with E-state index in [4.69, 9.17) is 4.74 Å². The Bertz CT molecular complexity index is 211. The van der Waals surface area contributed by atoms with Crippen molar-refractivity contribution in [3.8, 4) is 0 Å². The Morgan fingerprint density at radius 1 is 1.40 bits per heavy atom. The molecule has 4 nitrogen and oxygen atoms in total. The average molecular weight is 214 g/mol. The number of carbonyl (C=O) groups excluding carboxylic acids is 1. The van der Waals surface area contributed by atoms with Crippen molar-refractivity contribution in [2.75, 3.05) is 32.8 Å². The average Bonchev–Trinajstić information content (AvgIpc) is 2.27. The van der Waals surface area contributed by atoms with Crippen LogP contribution in [-0.2, 0) is 4.74 Å². The maximum atomic E-state index is 11.6. The van der Waals surface area contributed by atoms with Crippen LogP contribution in [0.1, 0.15) is 27.2 Å². The molecular formula is C11H22N2O2. The summed E-state index contributed by atoms with van der Waals surface area (Å²) in [5.41, 5.74) is 0.0870. The van der Waals surface area contributed by atoms with E-state index in [1.165, 1.54) is 0 Å². The van der Waals surface area contributed by atoms with Crippen LogP contribution in [-0.4, -0.2) is 43.8 Å². The molecule has 15 heavy (non-hydrogen) atoms. The molecule has 0 atom stereocenters. The van der Waals surface area contributed by atoms with Crippen LogP contribution in [0.5, 0.6) is 0 Å². The fourth-order valence-corrected chi connectivity index (χ4v) is 1.30. The Morgan fingerprint density at radius 3 is 2.53 bits per heavy atom. The molecule has 88 valence electrons. The molecule has 0 bridgehead atoms. The van der Waals surface area contributed by atoms with Gasteiger partial charge in [-0.1, -0.05) is 20.8 Å². The van der Waals surface area contributed by atoms with E-state index in [2.05, 4.69) is 26.1 Å². The van der Waals surface area contributed by atoms with Crippen molar-refractivity contribution in [1.82, 2.24) is 10.2 Å². The molecular weight excluding hydrogens is 192 g/mol. The Balaban J connectivity index is 2.28. The van der Waals surface area contributed by atoms with Gasteiger partial charge in [0.15, 0.2) is 0 Å². The molecule has 0 aliphatic carbocycles. The Morgan fingerprint density at radius 2 is 2.00 bits per heavy atom. The molecule has 0 aromatic heterocycles. The molecule has 1 aliphatic heterocycles. The third-order valence-electron chi connectivity index (χ3n) is 2.92. The van der Waals surface area contributed by atoms with Crippen molar-refractivity contribution in [2.45, 2.75) is 27.2 Å². The Kier molecular flexibility index (Phi) is 4.39. The van der Waals surface area contributed by atoms with Gasteiger partial charge in [0.25, 0.3) is 0 Å². The number of amides is 1. The summed E-state index contributed by atoms with van der Waals surface area (Å²) >= 11 is 0. The lowest BCUT2D eigenvalue weighted by atomic mass is 9.92. The lowest BCUT2D eigenvalue weighted by Gasteiger charge is -2.29. The zero-order valence-electron chi connectivity index (χ0n) is 10.0. The molecule has 1 aliphatic rings. The first-order chi connectivity index (χ1) is 7.05. The van der Waals surface area contributed by atoms with Gasteiger partial charge < -0.3 is 15.0 Å². The van der Waals surface area contributed by atoms with E-state index >= 15 is 0 Å². The Labute approximate surface area is 92.0 Å². The van der Waals surface area contributed by atoms with E-state index in [1.807, 2.05) is 0 Å². The highest BCUT2D eigenvalue weighted by Gasteiger charge is 2.21. The van der Waals surface area contributed by atoms with Gasteiger partial charge in [0.2, 0.25) is 0 Å². The van der Waals surface area contributed by atoms with E-state index in [-0.39, 0.29) is 11.5 Å². The highest BCUT2D eigenvalue weighted by atomic mass is 16.6. The third kappa shape index (κ3) is 4.08. The lowest BCUT2D eigenvalue weighted by Crippen LogP contribution is -2.47. The van der Waals surface area contributed by atoms with Crippen molar-refractivity contribution in [3.05, 3.63) is 0 Å². The normalized spacial score (nSPS) is 17.7. The van der Waals surface area contributed by atoms with E-state index < -0.39 is 0 Å². The summed E-state index contributed by atoms with van der Waals surface area (Å²) < 4.78 is 5.30.